The second-order valence-corrected chi connectivity index (χ2v) is 17.1. The Hall–Kier alpha value is -2.62. The van der Waals surface area contributed by atoms with Crippen LogP contribution in [0.15, 0.2) is 60.7 Å². The summed E-state index contributed by atoms with van der Waals surface area (Å²) < 4.78 is 27.9. The number of methoxy groups -OCH3 is 1. The average molecular weight is 712 g/mol. The highest BCUT2D eigenvalue weighted by Gasteiger charge is 2.49. The molecule has 4 aliphatic rings. The van der Waals surface area contributed by atoms with Gasteiger partial charge < -0.3 is 25.6 Å². The Morgan fingerprint density at radius 1 is 0.898 bits per heavy atom. The van der Waals surface area contributed by atoms with E-state index < -0.39 is 11.0 Å². The molecule has 49 heavy (non-hydrogen) atoms. The highest BCUT2D eigenvalue weighted by molar-refractivity contribution is 7.84. The van der Waals surface area contributed by atoms with Gasteiger partial charge in [-0.25, -0.2) is 8.93 Å². The van der Waals surface area contributed by atoms with Gasteiger partial charge in [0.15, 0.2) is 0 Å². The first-order chi connectivity index (χ1) is 22.6. The third-order valence-electron chi connectivity index (χ3n) is 11.1. The Bertz CT molecular complexity index is 1560. The zero-order valence-corrected chi connectivity index (χ0v) is 30.6. The number of ether oxygens (including phenoxy) is 2. The van der Waals surface area contributed by atoms with E-state index in [4.69, 9.17) is 15.2 Å². The van der Waals surface area contributed by atoms with Crippen LogP contribution < -0.4 is 25.2 Å². The fourth-order valence-corrected chi connectivity index (χ4v) is 9.26. The van der Waals surface area contributed by atoms with Gasteiger partial charge in [-0.2, -0.15) is 0 Å². The number of halogens is 1. The number of nitrogens with one attached hydrogen (secondary N) is 2. The lowest BCUT2D eigenvalue weighted by atomic mass is 9.69. The van der Waals surface area contributed by atoms with E-state index in [1.165, 1.54) is 43.2 Å². The molecule has 2 spiro atoms. The summed E-state index contributed by atoms with van der Waals surface area (Å²) in [6.07, 6.45) is 10.3. The molecular formula is C40H58ClN3O4S. The van der Waals surface area contributed by atoms with E-state index in [0.29, 0.717) is 12.4 Å². The predicted octanol–water partition coefficient (Wildman–Crippen LogP) is 8.25. The molecule has 3 aromatic rings. The maximum atomic E-state index is 13.1. The molecular weight excluding hydrogens is 654 g/mol. The standard InChI is InChI=1S/C26H35NO3S.C13H18N2O.CH4.ClH/c1-25(2,3)31(28)27-24-21-9-8-10-23(22(21)17-26(24)15-6-5-7-16-26)30-18-19-11-13-20(29-4)14-12-19;14-12-9-2-1-3-11(16)10(9)8-13(12)4-6-15-7-5-13;;/h8-14,24,27H,5-7,15-18H2,1-4H3;1-3,12,15-16H,4-8,14H2;1H4;1H/t24-,31-;12-;;/m11../s1. The summed E-state index contributed by atoms with van der Waals surface area (Å²) in [7, 11) is 0.569. The quantitative estimate of drug-likeness (QED) is 0.205. The molecule has 3 aliphatic carbocycles. The molecule has 0 amide bonds. The van der Waals surface area contributed by atoms with Crippen LogP contribution in [0.3, 0.4) is 0 Å². The van der Waals surface area contributed by atoms with Crippen LogP contribution in [0.2, 0.25) is 0 Å². The molecule has 7 rings (SSSR count). The molecule has 1 saturated heterocycles. The SMILES string of the molecule is C.COc1ccc(COc2cccc3c2CC2(CCCCC2)[C@@H]3N[S@](=O)C(C)(C)C)cc1.Cl.N[C@@H]1c2cccc(O)c2CC12CCNCC2. The first kappa shape index (κ1) is 39.2. The summed E-state index contributed by atoms with van der Waals surface area (Å²) in [6.45, 7) is 8.72. The number of hydrogen-bond donors (Lipinski definition) is 4. The van der Waals surface area contributed by atoms with Gasteiger partial charge in [-0.15, -0.1) is 12.4 Å². The smallest absolute Gasteiger partial charge is 0.123 e. The maximum Gasteiger partial charge on any atom is 0.123 e. The zero-order chi connectivity index (χ0) is 33.2. The molecule has 9 heteroatoms. The first-order valence-electron chi connectivity index (χ1n) is 17.4. The molecule has 7 nitrogen and oxygen atoms in total. The summed E-state index contributed by atoms with van der Waals surface area (Å²) in [4.78, 5) is 0. The Morgan fingerprint density at radius 3 is 2.16 bits per heavy atom. The van der Waals surface area contributed by atoms with E-state index in [2.05, 4.69) is 34.3 Å². The van der Waals surface area contributed by atoms with Crippen LogP contribution in [0.1, 0.15) is 113 Å². The largest absolute Gasteiger partial charge is 0.508 e. The van der Waals surface area contributed by atoms with Crippen LogP contribution in [0.4, 0.5) is 0 Å². The third kappa shape index (κ3) is 8.15. The van der Waals surface area contributed by atoms with Crippen molar-refractivity contribution in [2.45, 2.75) is 109 Å². The van der Waals surface area contributed by atoms with E-state index >= 15 is 0 Å². The van der Waals surface area contributed by atoms with Crippen LogP contribution in [0.25, 0.3) is 0 Å². The van der Waals surface area contributed by atoms with Gasteiger partial charge in [-0.3, -0.25) is 0 Å². The van der Waals surface area contributed by atoms with E-state index in [0.717, 1.165) is 67.0 Å². The van der Waals surface area contributed by atoms with Crippen molar-refractivity contribution in [3.63, 3.8) is 0 Å². The average Bonchev–Trinajstić information content (AvgIpc) is 3.52. The Kier molecular flexibility index (Phi) is 12.9. The van der Waals surface area contributed by atoms with Crippen molar-refractivity contribution in [3.05, 3.63) is 88.5 Å². The molecule has 0 radical (unpaired) electrons. The van der Waals surface area contributed by atoms with Crippen LogP contribution >= 0.6 is 12.4 Å². The van der Waals surface area contributed by atoms with Crippen molar-refractivity contribution in [2.75, 3.05) is 20.2 Å². The van der Waals surface area contributed by atoms with Gasteiger partial charge in [-0.1, -0.05) is 63.1 Å². The number of fused-ring (bicyclic) bond motifs is 2. The van der Waals surface area contributed by atoms with Gasteiger partial charge in [0.05, 0.1) is 28.9 Å². The van der Waals surface area contributed by atoms with Crippen LogP contribution in [-0.2, 0) is 30.4 Å². The number of piperidine rings is 1. The number of hydrogen-bond acceptors (Lipinski definition) is 6. The van der Waals surface area contributed by atoms with Crippen molar-refractivity contribution >= 4 is 23.4 Å². The van der Waals surface area contributed by atoms with Gasteiger partial charge in [0, 0.05) is 6.04 Å². The Balaban J connectivity index is 0.000000253. The molecule has 1 heterocycles. The Morgan fingerprint density at radius 2 is 1.53 bits per heavy atom. The van der Waals surface area contributed by atoms with Crippen molar-refractivity contribution in [2.24, 2.45) is 16.6 Å². The summed E-state index contributed by atoms with van der Waals surface area (Å²) in [5.41, 5.74) is 12.6. The fraction of sp³-hybridized carbons (Fsp3) is 0.550. The number of aromatic hydroxyl groups is 1. The Labute approximate surface area is 303 Å². The summed E-state index contributed by atoms with van der Waals surface area (Å²) in [6, 6.07) is 20.3. The van der Waals surface area contributed by atoms with Crippen LogP contribution in [0.5, 0.6) is 17.2 Å². The minimum atomic E-state index is -1.11. The molecule has 1 saturated carbocycles. The summed E-state index contributed by atoms with van der Waals surface area (Å²) in [5.74, 6) is 2.23. The fourth-order valence-electron chi connectivity index (χ4n) is 8.32. The van der Waals surface area contributed by atoms with Crippen LogP contribution in [-0.4, -0.2) is 34.3 Å². The van der Waals surface area contributed by atoms with E-state index in [1.807, 2.05) is 51.1 Å². The van der Waals surface area contributed by atoms with E-state index in [1.54, 1.807) is 13.2 Å². The first-order valence-corrected chi connectivity index (χ1v) is 18.5. The molecule has 3 aromatic carbocycles. The van der Waals surface area contributed by atoms with Crippen molar-refractivity contribution in [1.29, 1.82) is 0 Å². The molecule has 5 N–H and O–H groups in total. The number of phenols is 1. The highest BCUT2D eigenvalue weighted by Crippen LogP contribution is 2.56. The maximum absolute atomic E-state index is 13.1. The minimum Gasteiger partial charge on any atom is -0.508 e. The number of benzene rings is 3. The molecule has 1 aliphatic heterocycles. The molecule has 0 aromatic heterocycles. The summed E-state index contributed by atoms with van der Waals surface area (Å²) in [5, 5.41) is 13.3. The normalized spacial score (nSPS) is 22.1. The molecule has 270 valence electrons. The number of phenolic OH excluding ortho intramolecular Hbond substituents is 1. The summed E-state index contributed by atoms with van der Waals surface area (Å²) >= 11 is 0. The monoisotopic (exact) mass is 711 g/mol. The molecule has 0 unspecified atom stereocenters. The van der Waals surface area contributed by atoms with Crippen molar-refractivity contribution in [1.82, 2.24) is 10.0 Å². The lowest BCUT2D eigenvalue weighted by Crippen LogP contribution is -2.42. The van der Waals surface area contributed by atoms with Crippen molar-refractivity contribution < 1.29 is 18.8 Å². The van der Waals surface area contributed by atoms with Gasteiger partial charge in [-0.05, 0) is 135 Å². The third-order valence-corrected chi connectivity index (χ3v) is 12.7. The lowest BCUT2D eigenvalue weighted by molar-refractivity contribution is 0.153. The second kappa shape index (κ2) is 16.2. The predicted molar refractivity (Wildman–Crippen MR) is 204 cm³/mol. The molecule has 0 bridgehead atoms. The topological polar surface area (TPSA) is 106 Å². The number of nitrogens with two attached hydrogens (primary N) is 1. The second-order valence-electron chi connectivity index (χ2n) is 15.1. The van der Waals surface area contributed by atoms with Gasteiger partial charge in [0.1, 0.15) is 23.9 Å². The van der Waals surface area contributed by atoms with E-state index in [9.17, 15) is 9.32 Å². The van der Waals surface area contributed by atoms with Gasteiger partial charge in [0.25, 0.3) is 0 Å². The van der Waals surface area contributed by atoms with Crippen LogP contribution in [0, 0.1) is 10.8 Å². The van der Waals surface area contributed by atoms with Crippen molar-refractivity contribution in [3.8, 4) is 17.2 Å². The number of rotatable bonds is 6. The van der Waals surface area contributed by atoms with Gasteiger partial charge >= 0.3 is 0 Å². The lowest BCUT2D eigenvalue weighted by Gasteiger charge is -2.40. The zero-order valence-electron chi connectivity index (χ0n) is 29.0. The molecule has 2 fully saturated rings. The van der Waals surface area contributed by atoms with Gasteiger partial charge in [0.2, 0.25) is 0 Å². The minimum absolute atomic E-state index is 0. The highest BCUT2D eigenvalue weighted by atomic mass is 35.5. The molecule has 3 atom stereocenters. The van der Waals surface area contributed by atoms with E-state index in [-0.39, 0.29) is 47.5 Å².